The molecule has 1 aromatic carbocycles. The van der Waals surface area contributed by atoms with E-state index in [9.17, 15) is 18.0 Å². The summed E-state index contributed by atoms with van der Waals surface area (Å²) in [6, 6.07) is 2.95. The molecule has 0 aliphatic carbocycles. The molecule has 0 saturated carbocycles. The lowest BCUT2D eigenvalue weighted by Crippen LogP contribution is -2.55. The summed E-state index contributed by atoms with van der Waals surface area (Å²) in [4.78, 5) is 26.8. The molecular formula is C17H21Cl2N5O4S. The summed E-state index contributed by atoms with van der Waals surface area (Å²) in [7, 11) is -2.23. The summed E-state index contributed by atoms with van der Waals surface area (Å²) >= 11 is 12.0. The number of rotatable bonds is 5. The quantitative estimate of drug-likeness (QED) is 0.666. The van der Waals surface area contributed by atoms with E-state index in [4.69, 9.17) is 23.2 Å². The number of amides is 2. The minimum absolute atomic E-state index is 0.0718. The number of likely N-dealkylation sites (N-methyl/N-ethyl adjacent to an activating group) is 1. The zero-order valence-electron chi connectivity index (χ0n) is 15.6. The van der Waals surface area contributed by atoms with Crippen LogP contribution in [0.5, 0.6) is 0 Å². The third kappa shape index (κ3) is 4.84. The lowest BCUT2D eigenvalue weighted by atomic mass is 10.1. The molecule has 0 bridgehead atoms. The van der Waals surface area contributed by atoms with Crippen molar-refractivity contribution in [3.05, 3.63) is 40.6 Å². The molecule has 2 aliphatic rings. The number of carbonyl (C=O) groups excluding carboxylic acids is 2. The molecule has 1 saturated heterocycles. The van der Waals surface area contributed by atoms with Gasteiger partial charge in [-0.1, -0.05) is 29.3 Å². The molecule has 1 aromatic rings. The third-order valence-electron chi connectivity index (χ3n) is 4.69. The van der Waals surface area contributed by atoms with Crippen molar-refractivity contribution in [1.29, 1.82) is 0 Å². The number of carbonyl (C=O) groups is 2. The highest BCUT2D eigenvalue weighted by Crippen LogP contribution is 2.32. The van der Waals surface area contributed by atoms with Gasteiger partial charge in [-0.15, -0.1) is 0 Å². The molecule has 29 heavy (non-hydrogen) atoms. The average molecular weight is 462 g/mol. The Morgan fingerprint density at radius 3 is 2.62 bits per heavy atom. The Hall–Kier alpha value is -1.85. The van der Waals surface area contributed by atoms with Crippen molar-refractivity contribution < 1.29 is 18.0 Å². The van der Waals surface area contributed by atoms with Gasteiger partial charge < -0.3 is 10.2 Å². The third-order valence-corrected chi connectivity index (χ3v) is 7.45. The van der Waals surface area contributed by atoms with E-state index in [1.165, 1.54) is 30.6 Å². The lowest BCUT2D eigenvalue weighted by Gasteiger charge is -2.34. The van der Waals surface area contributed by atoms with Crippen LogP contribution in [0.25, 0.3) is 0 Å². The van der Waals surface area contributed by atoms with Gasteiger partial charge in [-0.3, -0.25) is 19.3 Å². The van der Waals surface area contributed by atoms with Gasteiger partial charge in [-0.05, 0) is 19.2 Å². The Kier molecular flexibility index (Phi) is 6.69. The predicted molar refractivity (Wildman–Crippen MR) is 108 cm³/mol. The topological polar surface area (TPSA) is 102 Å². The summed E-state index contributed by atoms with van der Waals surface area (Å²) in [5.41, 5.74) is 2.73. The van der Waals surface area contributed by atoms with Crippen LogP contribution < -0.4 is 10.7 Å². The molecule has 2 amide bonds. The Morgan fingerprint density at radius 1 is 1.24 bits per heavy atom. The smallest absolute Gasteiger partial charge is 0.266 e. The van der Waals surface area contributed by atoms with E-state index in [-0.39, 0.29) is 21.4 Å². The number of nitrogens with one attached hydrogen (secondary N) is 2. The van der Waals surface area contributed by atoms with E-state index in [1.54, 1.807) is 5.01 Å². The minimum atomic E-state index is -4.21. The second kappa shape index (κ2) is 8.88. The van der Waals surface area contributed by atoms with E-state index in [0.29, 0.717) is 13.1 Å². The van der Waals surface area contributed by atoms with Gasteiger partial charge in [0.15, 0.2) is 0 Å². The van der Waals surface area contributed by atoms with Crippen molar-refractivity contribution in [3.8, 4) is 0 Å². The number of piperazine rings is 1. The Bertz CT molecular complexity index is 932. The molecule has 2 aliphatic heterocycles. The van der Waals surface area contributed by atoms with Crippen LogP contribution in [0.2, 0.25) is 10.0 Å². The second-order valence-electron chi connectivity index (χ2n) is 6.76. The highest BCUT2D eigenvalue weighted by molar-refractivity contribution is 7.89. The number of halogens is 2. The van der Waals surface area contributed by atoms with Crippen LogP contribution in [-0.4, -0.2) is 73.7 Å². The molecule has 0 radical (unpaired) electrons. The maximum Gasteiger partial charge on any atom is 0.266 e. The number of hydrogen-bond donors (Lipinski definition) is 2. The van der Waals surface area contributed by atoms with E-state index in [0.717, 1.165) is 17.4 Å². The normalized spacial score (nSPS) is 21.1. The molecule has 2 heterocycles. The number of benzene rings is 1. The first kappa shape index (κ1) is 21.8. The number of sulfonamides is 1. The zero-order chi connectivity index (χ0) is 21.2. The first-order chi connectivity index (χ1) is 13.7. The maximum atomic E-state index is 13.1. The molecule has 12 heteroatoms. The predicted octanol–water partition coefficient (Wildman–Crippen LogP) is 0.622. The SMILES string of the molecule is CN1CCN(NC(=O)C[C@@H]2C(=O)NC=CN2S(=O)(=O)c2cccc(Cl)c2Cl)CC1. The molecule has 2 N–H and O–H groups in total. The van der Waals surface area contributed by atoms with Crippen molar-refractivity contribution in [2.75, 3.05) is 33.2 Å². The zero-order valence-corrected chi connectivity index (χ0v) is 18.0. The molecule has 1 fully saturated rings. The van der Waals surface area contributed by atoms with E-state index >= 15 is 0 Å². The fourth-order valence-electron chi connectivity index (χ4n) is 3.05. The van der Waals surface area contributed by atoms with Crippen LogP contribution in [-0.2, 0) is 19.6 Å². The van der Waals surface area contributed by atoms with Gasteiger partial charge in [0.1, 0.15) is 10.9 Å². The van der Waals surface area contributed by atoms with Gasteiger partial charge in [-0.25, -0.2) is 13.4 Å². The maximum absolute atomic E-state index is 13.1. The fraction of sp³-hybridized carbons (Fsp3) is 0.412. The van der Waals surface area contributed by atoms with Crippen molar-refractivity contribution in [3.63, 3.8) is 0 Å². The van der Waals surface area contributed by atoms with Gasteiger partial charge >= 0.3 is 0 Å². The Labute approximate surface area is 179 Å². The fourth-order valence-corrected chi connectivity index (χ4v) is 5.24. The van der Waals surface area contributed by atoms with Gasteiger partial charge in [0.2, 0.25) is 11.8 Å². The summed E-state index contributed by atoms with van der Waals surface area (Å²) in [6.07, 6.45) is 2.05. The van der Waals surface area contributed by atoms with Crippen molar-refractivity contribution in [1.82, 2.24) is 25.0 Å². The molecule has 0 spiro atoms. The monoisotopic (exact) mass is 461 g/mol. The van der Waals surface area contributed by atoms with Crippen molar-refractivity contribution in [2.24, 2.45) is 0 Å². The van der Waals surface area contributed by atoms with Crippen LogP contribution in [0, 0.1) is 0 Å². The van der Waals surface area contributed by atoms with Crippen LogP contribution in [0.3, 0.4) is 0 Å². The van der Waals surface area contributed by atoms with Crippen molar-refractivity contribution >= 4 is 45.0 Å². The Balaban J connectivity index is 1.79. The summed E-state index contributed by atoms with van der Waals surface area (Å²) in [5.74, 6) is -1.06. The highest BCUT2D eigenvalue weighted by Gasteiger charge is 2.38. The van der Waals surface area contributed by atoms with Crippen LogP contribution >= 0.6 is 23.2 Å². The first-order valence-corrected chi connectivity index (χ1v) is 11.1. The first-order valence-electron chi connectivity index (χ1n) is 8.87. The van der Waals surface area contributed by atoms with E-state index in [2.05, 4.69) is 15.6 Å². The highest BCUT2D eigenvalue weighted by atomic mass is 35.5. The standard InChI is InChI=1S/C17H21Cl2N5O4S/c1-22-7-9-23(10-8-22)21-15(25)11-13-17(26)20-5-6-24(13)29(27,28)14-4-2-3-12(18)16(14)19/h2-6,13H,7-11H2,1H3,(H,20,26)(H,21,25)/t13-/m1/s1. The minimum Gasteiger partial charge on any atom is -0.329 e. The molecule has 3 rings (SSSR count). The van der Waals surface area contributed by atoms with Crippen LogP contribution in [0.15, 0.2) is 35.5 Å². The largest absolute Gasteiger partial charge is 0.329 e. The molecular weight excluding hydrogens is 441 g/mol. The Morgan fingerprint density at radius 2 is 1.93 bits per heavy atom. The molecule has 1 atom stereocenters. The number of hydrogen-bond acceptors (Lipinski definition) is 6. The van der Waals surface area contributed by atoms with E-state index < -0.39 is 27.9 Å². The summed E-state index contributed by atoms with van der Waals surface area (Å²) in [6.45, 7) is 2.86. The van der Waals surface area contributed by atoms with Gasteiger partial charge in [-0.2, -0.15) is 0 Å². The van der Waals surface area contributed by atoms with Gasteiger partial charge in [0.05, 0.1) is 16.5 Å². The van der Waals surface area contributed by atoms with Gasteiger partial charge in [0.25, 0.3) is 10.0 Å². The lowest BCUT2D eigenvalue weighted by molar-refractivity contribution is -0.132. The van der Waals surface area contributed by atoms with Crippen molar-refractivity contribution in [2.45, 2.75) is 17.4 Å². The molecule has 158 valence electrons. The van der Waals surface area contributed by atoms with Crippen LogP contribution in [0.4, 0.5) is 0 Å². The average Bonchev–Trinajstić information content (AvgIpc) is 2.67. The van der Waals surface area contributed by atoms with Gasteiger partial charge in [0, 0.05) is 38.6 Å². The number of hydrazine groups is 1. The molecule has 9 nitrogen and oxygen atoms in total. The van der Waals surface area contributed by atoms with Crippen LogP contribution in [0.1, 0.15) is 6.42 Å². The summed E-state index contributed by atoms with van der Waals surface area (Å²) < 4.78 is 27.1. The second-order valence-corrected chi connectivity index (χ2v) is 9.35. The molecule has 0 aromatic heterocycles. The van der Waals surface area contributed by atoms with E-state index in [1.807, 2.05) is 7.05 Å². The number of nitrogens with zero attached hydrogens (tertiary/aromatic N) is 3. The molecule has 0 unspecified atom stereocenters. The summed E-state index contributed by atoms with van der Waals surface area (Å²) in [5, 5.41) is 4.12.